The van der Waals surface area contributed by atoms with Gasteiger partial charge < -0.3 is 9.64 Å². The molecule has 0 unspecified atom stereocenters. The fourth-order valence-electron chi connectivity index (χ4n) is 1.25. The first-order valence-electron chi connectivity index (χ1n) is 5.47. The Balaban J connectivity index is 2.72. The van der Waals surface area contributed by atoms with Crippen molar-refractivity contribution in [3.63, 3.8) is 0 Å². The van der Waals surface area contributed by atoms with E-state index in [1.54, 1.807) is 0 Å². The minimum absolute atomic E-state index is 0.601. The topological polar surface area (TPSA) is 12.5 Å². The van der Waals surface area contributed by atoms with E-state index in [4.69, 9.17) is 4.74 Å². The van der Waals surface area contributed by atoms with Gasteiger partial charge in [-0.3, -0.25) is 0 Å². The van der Waals surface area contributed by atoms with Crippen LogP contribution in [0.3, 0.4) is 0 Å². The summed E-state index contributed by atoms with van der Waals surface area (Å²) in [6.07, 6.45) is 3.68. The molecule has 1 rings (SSSR count). The third-order valence-corrected chi connectivity index (χ3v) is 2.14. The van der Waals surface area contributed by atoms with Gasteiger partial charge in [-0.15, -0.1) is 0 Å². The SMILES string of the molecule is C=C(C)/C=C\C(=C)Oc1cccc(N(C)C)c1. The minimum atomic E-state index is 0.601. The van der Waals surface area contributed by atoms with Crippen molar-refractivity contribution in [2.24, 2.45) is 0 Å². The molecule has 0 atom stereocenters. The summed E-state index contributed by atoms with van der Waals surface area (Å²) in [6, 6.07) is 7.87. The van der Waals surface area contributed by atoms with E-state index < -0.39 is 0 Å². The van der Waals surface area contributed by atoms with Crippen molar-refractivity contribution >= 4 is 5.69 Å². The van der Waals surface area contributed by atoms with Crippen molar-refractivity contribution in [3.8, 4) is 5.75 Å². The van der Waals surface area contributed by atoms with Crippen molar-refractivity contribution in [2.45, 2.75) is 6.92 Å². The molecule has 0 aliphatic carbocycles. The summed E-state index contributed by atoms with van der Waals surface area (Å²) in [5, 5.41) is 0. The summed E-state index contributed by atoms with van der Waals surface area (Å²) in [4.78, 5) is 2.03. The lowest BCUT2D eigenvalue weighted by molar-refractivity contribution is 0.447. The van der Waals surface area contributed by atoms with Gasteiger partial charge in [-0.05, 0) is 25.1 Å². The van der Waals surface area contributed by atoms with Gasteiger partial charge in [0.05, 0.1) is 0 Å². The maximum Gasteiger partial charge on any atom is 0.129 e. The lowest BCUT2D eigenvalue weighted by Crippen LogP contribution is -2.08. The molecule has 0 fully saturated rings. The fraction of sp³-hybridized carbons (Fsp3) is 0.200. The van der Waals surface area contributed by atoms with Gasteiger partial charge in [0.2, 0.25) is 0 Å². The molecule has 0 saturated heterocycles. The smallest absolute Gasteiger partial charge is 0.129 e. The Kier molecular flexibility index (Phi) is 4.58. The Bertz CT molecular complexity index is 444. The predicted molar refractivity (Wildman–Crippen MR) is 74.5 cm³/mol. The van der Waals surface area contributed by atoms with E-state index in [1.807, 2.05) is 62.3 Å². The van der Waals surface area contributed by atoms with Gasteiger partial charge in [-0.1, -0.05) is 30.9 Å². The van der Waals surface area contributed by atoms with Crippen LogP contribution in [0.15, 0.2) is 60.9 Å². The molecule has 0 aliphatic rings. The Morgan fingerprint density at radius 2 is 1.94 bits per heavy atom. The van der Waals surface area contributed by atoms with Crippen LogP contribution in [0.2, 0.25) is 0 Å². The highest BCUT2D eigenvalue weighted by Gasteiger charge is 1.99. The molecule has 0 heterocycles. The molecule has 0 aromatic heterocycles. The molecule has 2 heteroatoms. The van der Waals surface area contributed by atoms with E-state index in [1.165, 1.54) is 0 Å². The van der Waals surface area contributed by atoms with Gasteiger partial charge in [-0.2, -0.15) is 0 Å². The quantitative estimate of drug-likeness (QED) is 0.563. The molecular weight excluding hydrogens is 210 g/mol. The highest BCUT2D eigenvalue weighted by Crippen LogP contribution is 2.21. The zero-order valence-electron chi connectivity index (χ0n) is 10.7. The van der Waals surface area contributed by atoms with Crippen molar-refractivity contribution in [2.75, 3.05) is 19.0 Å². The fourth-order valence-corrected chi connectivity index (χ4v) is 1.25. The molecule has 1 aromatic carbocycles. The van der Waals surface area contributed by atoms with Gasteiger partial charge in [0.15, 0.2) is 0 Å². The number of allylic oxidation sites excluding steroid dienone is 3. The van der Waals surface area contributed by atoms with E-state index >= 15 is 0 Å². The molecule has 0 radical (unpaired) electrons. The number of benzene rings is 1. The van der Waals surface area contributed by atoms with Crippen molar-refractivity contribution in [1.29, 1.82) is 0 Å². The number of hydrogen-bond acceptors (Lipinski definition) is 2. The van der Waals surface area contributed by atoms with Crippen LogP contribution in [0.5, 0.6) is 5.75 Å². The van der Waals surface area contributed by atoms with Crippen LogP contribution in [-0.2, 0) is 0 Å². The second-order valence-corrected chi connectivity index (χ2v) is 4.14. The molecule has 0 bridgehead atoms. The second-order valence-electron chi connectivity index (χ2n) is 4.14. The van der Waals surface area contributed by atoms with Crippen molar-refractivity contribution < 1.29 is 4.74 Å². The Labute approximate surface area is 104 Å². The normalized spacial score (nSPS) is 10.3. The number of anilines is 1. The predicted octanol–water partition coefficient (Wildman–Crippen LogP) is 3.78. The largest absolute Gasteiger partial charge is 0.458 e. The minimum Gasteiger partial charge on any atom is -0.458 e. The molecule has 0 saturated carbocycles. The van der Waals surface area contributed by atoms with Crippen LogP contribution in [0, 0.1) is 0 Å². The summed E-state index contributed by atoms with van der Waals surface area (Å²) in [6.45, 7) is 9.54. The van der Waals surface area contributed by atoms with Gasteiger partial charge in [0.1, 0.15) is 11.5 Å². The zero-order chi connectivity index (χ0) is 12.8. The highest BCUT2D eigenvalue weighted by molar-refractivity contribution is 5.49. The molecule has 0 spiro atoms. The third kappa shape index (κ3) is 4.60. The molecule has 2 nitrogen and oxygen atoms in total. The molecule has 0 N–H and O–H groups in total. The first-order chi connectivity index (χ1) is 7.99. The lowest BCUT2D eigenvalue weighted by atomic mass is 10.3. The van der Waals surface area contributed by atoms with E-state index in [0.717, 1.165) is 17.0 Å². The summed E-state index contributed by atoms with van der Waals surface area (Å²) in [5.41, 5.74) is 2.07. The Morgan fingerprint density at radius 3 is 2.53 bits per heavy atom. The van der Waals surface area contributed by atoms with E-state index in [2.05, 4.69) is 13.2 Å². The van der Waals surface area contributed by atoms with Crippen LogP contribution in [0.1, 0.15) is 6.92 Å². The van der Waals surface area contributed by atoms with E-state index in [0.29, 0.717) is 5.76 Å². The summed E-state index contributed by atoms with van der Waals surface area (Å²) in [5.74, 6) is 1.39. The van der Waals surface area contributed by atoms with Crippen LogP contribution in [-0.4, -0.2) is 14.1 Å². The monoisotopic (exact) mass is 229 g/mol. The van der Waals surface area contributed by atoms with E-state index in [-0.39, 0.29) is 0 Å². The Morgan fingerprint density at radius 1 is 1.24 bits per heavy atom. The summed E-state index contributed by atoms with van der Waals surface area (Å²) in [7, 11) is 3.99. The first-order valence-corrected chi connectivity index (χ1v) is 5.47. The second kappa shape index (κ2) is 5.94. The molecule has 90 valence electrons. The highest BCUT2D eigenvalue weighted by atomic mass is 16.5. The van der Waals surface area contributed by atoms with Crippen LogP contribution in [0.4, 0.5) is 5.69 Å². The summed E-state index contributed by atoms with van der Waals surface area (Å²) < 4.78 is 5.61. The average molecular weight is 229 g/mol. The Hall–Kier alpha value is -1.96. The van der Waals surface area contributed by atoms with Crippen molar-refractivity contribution in [1.82, 2.24) is 0 Å². The molecule has 1 aromatic rings. The van der Waals surface area contributed by atoms with E-state index in [9.17, 15) is 0 Å². The molecular formula is C15H19NO. The maximum absolute atomic E-state index is 5.61. The molecule has 0 aliphatic heterocycles. The number of hydrogen-bond donors (Lipinski definition) is 0. The summed E-state index contributed by atoms with van der Waals surface area (Å²) >= 11 is 0. The van der Waals surface area contributed by atoms with Gasteiger partial charge in [0.25, 0.3) is 0 Å². The molecule has 0 amide bonds. The van der Waals surface area contributed by atoms with Gasteiger partial charge in [-0.25, -0.2) is 0 Å². The van der Waals surface area contributed by atoms with Crippen LogP contribution < -0.4 is 9.64 Å². The standard InChI is InChI=1S/C15H19NO/c1-12(2)9-10-13(3)17-15-8-6-7-14(11-15)16(4)5/h6-11H,1,3H2,2,4-5H3/b10-9-. The van der Waals surface area contributed by atoms with Crippen LogP contribution in [0.25, 0.3) is 0 Å². The zero-order valence-corrected chi connectivity index (χ0v) is 10.7. The van der Waals surface area contributed by atoms with Gasteiger partial charge >= 0.3 is 0 Å². The van der Waals surface area contributed by atoms with Crippen molar-refractivity contribution in [3.05, 3.63) is 60.9 Å². The van der Waals surface area contributed by atoms with Gasteiger partial charge in [0, 0.05) is 25.8 Å². The molecule has 17 heavy (non-hydrogen) atoms. The van der Waals surface area contributed by atoms with Crippen LogP contribution >= 0.6 is 0 Å². The average Bonchev–Trinajstić information content (AvgIpc) is 2.26. The third-order valence-electron chi connectivity index (χ3n) is 2.14. The number of rotatable bonds is 5. The number of nitrogens with zero attached hydrogens (tertiary/aromatic N) is 1. The maximum atomic E-state index is 5.61. The first kappa shape index (κ1) is 13.1. The number of ether oxygens (including phenoxy) is 1. The lowest BCUT2D eigenvalue weighted by Gasteiger charge is -2.13.